The minimum Gasteiger partial charge on any atom is -0.354 e. The first-order valence-corrected chi connectivity index (χ1v) is 9.25. The van der Waals surface area contributed by atoms with E-state index in [2.05, 4.69) is 35.5 Å². The van der Waals surface area contributed by atoms with Crippen LogP contribution in [-0.4, -0.2) is 10.9 Å². The van der Waals surface area contributed by atoms with Gasteiger partial charge in [0.2, 0.25) is 0 Å². The highest BCUT2D eigenvalue weighted by atomic mass is 35.5. The van der Waals surface area contributed by atoms with E-state index in [4.69, 9.17) is 11.6 Å². The van der Waals surface area contributed by atoms with Crippen molar-refractivity contribution in [3.63, 3.8) is 0 Å². The third-order valence-corrected chi connectivity index (χ3v) is 4.63. The molecule has 2 aromatic carbocycles. The molecule has 2 N–H and O–H groups in total. The van der Waals surface area contributed by atoms with Crippen LogP contribution in [-0.2, 0) is 6.54 Å². The molecule has 138 valence electrons. The summed E-state index contributed by atoms with van der Waals surface area (Å²) in [6.45, 7) is 4.67. The number of halogens is 1. The van der Waals surface area contributed by atoms with Gasteiger partial charge in [0.15, 0.2) is 0 Å². The van der Waals surface area contributed by atoms with Crippen molar-refractivity contribution in [3.05, 3.63) is 88.7 Å². The van der Waals surface area contributed by atoms with E-state index in [9.17, 15) is 4.79 Å². The van der Waals surface area contributed by atoms with E-state index in [0.717, 1.165) is 16.9 Å². The molecule has 0 saturated carbocycles. The fourth-order valence-electron chi connectivity index (χ4n) is 2.82. The van der Waals surface area contributed by atoms with Gasteiger partial charge >= 0.3 is 0 Å². The van der Waals surface area contributed by atoms with Crippen LogP contribution in [0.15, 0.2) is 67.0 Å². The second kappa shape index (κ2) is 8.69. The topological polar surface area (TPSA) is 54.0 Å². The number of para-hydroxylation sites is 1. The Bertz CT molecular complexity index is 940. The van der Waals surface area contributed by atoms with Gasteiger partial charge in [-0.05, 0) is 35.2 Å². The molecule has 5 heteroatoms. The van der Waals surface area contributed by atoms with Crippen molar-refractivity contribution in [2.45, 2.75) is 26.3 Å². The fourth-order valence-corrected chi connectivity index (χ4v) is 3.02. The van der Waals surface area contributed by atoms with Gasteiger partial charge in [0.25, 0.3) is 5.91 Å². The van der Waals surface area contributed by atoms with E-state index in [1.54, 1.807) is 24.5 Å². The number of nitrogens with one attached hydrogen (secondary N) is 2. The van der Waals surface area contributed by atoms with Crippen LogP contribution >= 0.6 is 11.6 Å². The van der Waals surface area contributed by atoms with E-state index in [-0.39, 0.29) is 5.91 Å². The SMILES string of the molecule is CC(C)c1ccccc1Nc1cncc(C(=O)NCc2ccccc2Cl)c1. The Kier molecular flexibility index (Phi) is 6.09. The second-order valence-corrected chi connectivity index (χ2v) is 7.01. The fraction of sp³-hybridized carbons (Fsp3) is 0.182. The lowest BCUT2D eigenvalue weighted by molar-refractivity contribution is 0.0950. The Morgan fingerprint density at radius 3 is 2.59 bits per heavy atom. The maximum absolute atomic E-state index is 12.5. The highest BCUT2D eigenvalue weighted by Gasteiger charge is 2.10. The Morgan fingerprint density at radius 2 is 1.81 bits per heavy atom. The summed E-state index contributed by atoms with van der Waals surface area (Å²) in [5.74, 6) is 0.201. The second-order valence-electron chi connectivity index (χ2n) is 6.60. The molecular formula is C22H22ClN3O. The average Bonchev–Trinajstić information content (AvgIpc) is 2.67. The van der Waals surface area contributed by atoms with Crippen molar-refractivity contribution >= 4 is 28.9 Å². The number of aromatic nitrogens is 1. The molecule has 0 fully saturated rings. The summed E-state index contributed by atoms with van der Waals surface area (Å²) in [5, 5.41) is 6.89. The van der Waals surface area contributed by atoms with E-state index in [0.29, 0.717) is 23.0 Å². The maximum Gasteiger partial charge on any atom is 0.253 e. The van der Waals surface area contributed by atoms with Crippen LogP contribution < -0.4 is 10.6 Å². The standard InChI is InChI=1S/C22H22ClN3O/c1-15(2)19-8-4-6-10-21(19)26-18-11-17(12-24-14-18)22(27)25-13-16-7-3-5-9-20(16)23/h3-12,14-15,26H,13H2,1-2H3,(H,25,27). The van der Waals surface area contributed by atoms with Crippen molar-refractivity contribution in [1.82, 2.24) is 10.3 Å². The zero-order valence-electron chi connectivity index (χ0n) is 15.4. The first-order valence-electron chi connectivity index (χ1n) is 8.87. The zero-order valence-corrected chi connectivity index (χ0v) is 16.1. The van der Waals surface area contributed by atoms with Gasteiger partial charge in [-0.2, -0.15) is 0 Å². The van der Waals surface area contributed by atoms with Crippen LogP contribution in [0.1, 0.15) is 41.3 Å². The average molecular weight is 380 g/mol. The Morgan fingerprint density at radius 1 is 1.07 bits per heavy atom. The van der Waals surface area contributed by atoms with Crippen LogP contribution in [0.3, 0.4) is 0 Å². The summed E-state index contributed by atoms with van der Waals surface area (Å²) in [7, 11) is 0. The quantitative estimate of drug-likeness (QED) is 0.591. The summed E-state index contributed by atoms with van der Waals surface area (Å²) in [6, 6.07) is 17.4. The van der Waals surface area contributed by atoms with Gasteiger partial charge in [0, 0.05) is 23.5 Å². The number of nitrogens with zero attached hydrogens (tertiary/aromatic N) is 1. The molecule has 1 heterocycles. The molecule has 0 saturated heterocycles. The molecule has 0 aliphatic heterocycles. The van der Waals surface area contributed by atoms with Crippen LogP contribution in [0.2, 0.25) is 5.02 Å². The maximum atomic E-state index is 12.5. The molecule has 3 rings (SSSR count). The summed E-state index contributed by atoms with van der Waals surface area (Å²) in [4.78, 5) is 16.7. The number of hydrogen-bond donors (Lipinski definition) is 2. The van der Waals surface area contributed by atoms with Crippen molar-refractivity contribution in [2.75, 3.05) is 5.32 Å². The lowest BCUT2D eigenvalue weighted by Gasteiger charge is -2.15. The van der Waals surface area contributed by atoms with Gasteiger partial charge < -0.3 is 10.6 Å². The number of carbonyl (C=O) groups excluding carboxylic acids is 1. The summed E-state index contributed by atoms with van der Waals surface area (Å²) in [5.41, 5.74) is 4.37. The molecule has 4 nitrogen and oxygen atoms in total. The van der Waals surface area contributed by atoms with E-state index in [1.807, 2.05) is 36.4 Å². The monoisotopic (exact) mass is 379 g/mol. The summed E-state index contributed by atoms with van der Waals surface area (Å²) >= 11 is 6.14. The number of anilines is 2. The Labute approximate surface area is 164 Å². The van der Waals surface area contributed by atoms with Gasteiger partial charge in [-0.3, -0.25) is 9.78 Å². The van der Waals surface area contributed by atoms with Crippen molar-refractivity contribution in [1.29, 1.82) is 0 Å². The molecule has 0 bridgehead atoms. The van der Waals surface area contributed by atoms with Crippen LogP contribution in [0, 0.1) is 0 Å². The summed E-state index contributed by atoms with van der Waals surface area (Å²) in [6.07, 6.45) is 3.27. The number of carbonyl (C=O) groups is 1. The minimum absolute atomic E-state index is 0.191. The van der Waals surface area contributed by atoms with E-state index >= 15 is 0 Å². The predicted molar refractivity (Wildman–Crippen MR) is 111 cm³/mol. The zero-order chi connectivity index (χ0) is 19.2. The van der Waals surface area contributed by atoms with Gasteiger partial charge in [-0.1, -0.05) is 61.8 Å². The van der Waals surface area contributed by atoms with Gasteiger partial charge in [-0.25, -0.2) is 0 Å². The minimum atomic E-state index is -0.191. The molecule has 0 radical (unpaired) electrons. The smallest absolute Gasteiger partial charge is 0.253 e. The Hall–Kier alpha value is -2.85. The highest BCUT2D eigenvalue weighted by molar-refractivity contribution is 6.31. The summed E-state index contributed by atoms with van der Waals surface area (Å²) < 4.78 is 0. The third-order valence-electron chi connectivity index (χ3n) is 4.26. The first kappa shape index (κ1) is 18.9. The lowest BCUT2D eigenvalue weighted by Crippen LogP contribution is -2.23. The molecule has 0 spiro atoms. The van der Waals surface area contributed by atoms with Crippen molar-refractivity contribution in [3.8, 4) is 0 Å². The molecule has 3 aromatic rings. The molecule has 0 aliphatic carbocycles. The number of rotatable bonds is 6. The van der Waals surface area contributed by atoms with Crippen molar-refractivity contribution < 1.29 is 4.79 Å². The Balaban J connectivity index is 1.72. The first-order chi connectivity index (χ1) is 13.0. The molecule has 0 unspecified atom stereocenters. The van der Waals surface area contributed by atoms with E-state index in [1.165, 1.54) is 5.56 Å². The van der Waals surface area contributed by atoms with E-state index < -0.39 is 0 Å². The van der Waals surface area contributed by atoms with Gasteiger partial charge in [-0.15, -0.1) is 0 Å². The van der Waals surface area contributed by atoms with Crippen LogP contribution in [0.4, 0.5) is 11.4 Å². The van der Waals surface area contributed by atoms with Gasteiger partial charge in [0.05, 0.1) is 17.4 Å². The lowest BCUT2D eigenvalue weighted by atomic mass is 10.0. The molecule has 1 amide bonds. The molecule has 1 aromatic heterocycles. The number of benzene rings is 2. The largest absolute Gasteiger partial charge is 0.354 e. The number of amides is 1. The normalized spacial score (nSPS) is 10.7. The highest BCUT2D eigenvalue weighted by Crippen LogP contribution is 2.26. The number of hydrogen-bond acceptors (Lipinski definition) is 3. The molecule has 0 aliphatic rings. The molecular weight excluding hydrogens is 358 g/mol. The number of pyridine rings is 1. The van der Waals surface area contributed by atoms with Crippen molar-refractivity contribution in [2.24, 2.45) is 0 Å². The van der Waals surface area contributed by atoms with Crippen LogP contribution in [0.5, 0.6) is 0 Å². The molecule has 27 heavy (non-hydrogen) atoms. The molecule has 0 atom stereocenters. The van der Waals surface area contributed by atoms with Gasteiger partial charge in [0.1, 0.15) is 0 Å². The predicted octanol–water partition coefficient (Wildman–Crippen LogP) is 5.53. The van der Waals surface area contributed by atoms with Crippen LogP contribution in [0.25, 0.3) is 0 Å². The third kappa shape index (κ3) is 4.86.